The molecule has 0 saturated carbocycles. The van der Waals surface area contributed by atoms with Crippen LogP contribution in [0, 0.1) is 11.8 Å². The van der Waals surface area contributed by atoms with E-state index in [-0.39, 0.29) is 26.5 Å². The van der Waals surface area contributed by atoms with Crippen molar-refractivity contribution in [1.82, 2.24) is 10.2 Å². The second-order valence-electron chi connectivity index (χ2n) is 12.2. The average molecular weight is 933 g/mol. The zero-order valence-electron chi connectivity index (χ0n) is 32.4. The summed E-state index contributed by atoms with van der Waals surface area (Å²) < 4.78 is 22.9. The Balaban J connectivity index is -0.000000345. The Morgan fingerprint density at radius 2 is 1.16 bits per heavy atom. The van der Waals surface area contributed by atoms with Gasteiger partial charge in [-0.2, -0.15) is 0 Å². The van der Waals surface area contributed by atoms with Crippen molar-refractivity contribution in [2.24, 2.45) is 27.2 Å². The van der Waals surface area contributed by atoms with E-state index in [0.717, 1.165) is 0 Å². The number of carboxylic acid groups (broad SMARTS) is 1. The van der Waals surface area contributed by atoms with Crippen LogP contribution >= 0.6 is 23.4 Å². The highest BCUT2D eigenvalue weighted by atomic mass is 35.5. The minimum atomic E-state index is -1.59. The zero-order chi connectivity index (χ0) is 47.0. The predicted molar refractivity (Wildman–Crippen MR) is 206 cm³/mol. The first-order valence-corrected chi connectivity index (χ1v) is 17.7. The summed E-state index contributed by atoms with van der Waals surface area (Å²) in [4.78, 5) is 50.5. The highest BCUT2D eigenvalue weighted by Crippen LogP contribution is 2.20. The first kappa shape index (κ1) is 63.3. The third-order valence-electron chi connectivity index (χ3n) is 6.40. The number of halogens is 2. The van der Waals surface area contributed by atoms with Crippen molar-refractivity contribution in [3.8, 4) is 0 Å². The number of nitrogens with zero attached hydrogens (tertiary/aromatic N) is 9. The molecule has 0 aliphatic carbocycles. The van der Waals surface area contributed by atoms with Crippen LogP contribution in [0.1, 0.15) is 35.1 Å². The maximum atomic E-state index is 11.2. The molecular weight excluding hydrogens is 877 g/mol. The van der Waals surface area contributed by atoms with Gasteiger partial charge in [0.05, 0.1) is 33.0 Å². The Hall–Kier alpha value is -4.29. The van der Waals surface area contributed by atoms with E-state index in [9.17, 15) is 49.8 Å². The largest absolute Gasteiger partial charge is 0.510 e. The number of aliphatic hydroxyl groups excluding tert-OH is 9. The van der Waals surface area contributed by atoms with Crippen LogP contribution in [0.3, 0.4) is 0 Å². The molecule has 32 heteroatoms. The number of hydrogen-bond donors (Lipinski definition) is 12. The maximum absolute atomic E-state index is 11.2. The van der Waals surface area contributed by atoms with Crippen LogP contribution in [-0.4, -0.2) is 188 Å². The van der Waals surface area contributed by atoms with Crippen molar-refractivity contribution in [1.29, 1.82) is 0 Å². The van der Waals surface area contributed by atoms with Gasteiger partial charge < -0.3 is 80.1 Å². The summed E-state index contributed by atoms with van der Waals surface area (Å²) in [5.41, 5.74) is 22.7. The van der Waals surface area contributed by atoms with E-state index >= 15 is 0 Å². The number of carbonyl (C=O) groups excluding carboxylic acids is 3. The molecule has 2 fully saturated rings. The van der Waals surface area contributed by atoms with Gasteiger partial charge in [0.25, 0.3) is 0 Å². The molecule has 0 spiro atoms. The molecule has 0 aromatic carbocycles. The standard InChI is InChI=1S/C8H14N4O6.C7H13N3O4.C6H12ClNO5.C5H9ClO2.C2H3N3O2.CH4/c9-12-10-1-4(14)11-5-7(16)6(15)3(2-13)18-8(5)17;1-5(2)4-13-7(12)14-6(11)3-9-10-8;7-8-3-5(11)4(10)2(1-9)13-6(3)12;1-4(2)3-8-5(6)7;3-5-4-1-2(6)7;/h3,5-8,13,15-17H,1-2H2,(H,11,14);5-6,11H,3-4H2,1-2H3;2-6,8-12H,1H2;4H,3H2,1-2H3;1H2,(H,6,7);1H4/t3?,5?,6-,7-,8?;;2?,3?,4-,5-,6?;;;/m1.1.../s1. The van der Waals surface area contributed by atoms with Crippen LogP contribution < -0.4 is 10.2 Å². The van der Waals surface area contributed by atoms with Crippen LogP contribution in [0.5, 0.6) is 0 Å². The molecule has 0 aromatic rings. The maximum Gasteiger partial charge on any atom is 0.510 e. The van der Waals surface area contributed by atoms with Crippen LogP contribution in [-0.2, 0) is 33.3 Å². The SMILES string of the molecule is C.CC(C)COC(=O)Cl.CC(C)COC(=O)OC(O)CN=[N+]=[N-].OCC1OC(O)C(NCl)[C@@H](O)[C@@H]1O.[N-]=[N+]=NCC(=O)NC1C(O)OC(CO)[C@@H](O)[C@@H]1O.[N-]=[N+]=NCC(=O)O. The van der Waals surface area contributed by atoms with E-state index in [1.54, 1.807) is 0 Å². The van der Waals surface area contributed by atoms with Gasteiger partial charge in [0.15, 0.2) is 12.6 Å². The highest BCUT2D eigenvalue weighted by molar-refractivity contribution is 6.61. The third kappa shape index (κ3) is 31.3. The van der Waals surface area contributed by atoms with Crippen molar-refractivity contribution < 1.29 is 93.9 Å². The van der Waals surface area contributed by atoms with E-state index in [4.69, 9.17) is 69.9 Å². The number of azide groups is 3. The normalized spacial score (nSPS) is 25.1. The van der Waals surface area contributed by atoms with Crippen molar-refractivity contribution in [2.45, 2.75) is 103 Å². The van der Waals surface area contributed by atoms with E-state index in [0.29, 0.717) is 12.5 Å². The molecule has 11 atom stereocenters. The van der Waals surface area contributed by atoms with Crippen molar-refractivity contribution in [2.75, 3.05) is 46.1 Å². The molecule has 0 aromatic heterocycles. The smallest absolute Gasteiger partial charge is 0.481 e. The number of carbonyl (C=O) groups is 4. The molecule has 2 aliphatic heterocycles. The lowest BCUT2D eigenvalue weighted by Crippen LogP contribution is -2.64. The molecule has 2 heterocycles. The number of hydrogen-bond acceptors (Lipinski definition) is 22. The topological polar surface area (TPSA) is 487 Å². The summed E-state index contributed by atoms with van der Waals surface area (Å²) in [6.45, 7) is 5.86. The molecule has 0 bridgehead atoms. The second kappa shape index (κ2) is 37.5. The summed E-state index contributed by atoms with van der Waals surface area (Å²) >= 11 is 10.1. The number of aliphatic carboxylic acids is 1. The number of ether oxygens (including phenoxy) is 5. The fraction of sp³-hybridized carbons (Fsp3) is 0.862. The molecule has 2 saturated heterocycles. The monoisotopic (exact) mass is 931 g/mol. The molecule has 1 amide bonds. The van der Waals surface area contributed by atoms with Crippen LogP contribution in [0.15, 0.2) is 15.3 Å². The number of aliphatic hydroxyl groups is 9. The molecule has 354 valence electrons. The zero-order valence-corrected chi connectivity index (χ0v) is 33.9. The van der Waals surface area contributed by atoms with Gasteiger partial charge in [-0.25, -0.2) is 14.4 Å². The van der Waals surface area contributed by atoms with Crippen molar-refractivity contribution in [3.63, 3.8) is 0 Å². The minimum Gasteiger partial charge on any atom is -0.481 e. The van der Waals surface area contributed by atoms with Gasteiger partial charge in [-0.1, -0.05) is 50.5 Å². The Morgan fingerprint density at radius 1 is 0.738 bits per heavy atom. The van der Waals surface area contributed by atoms with Gasteiger partial charge in [-0.15, -0.1) is 0 Å². The Morgan fingerprint density at radius 3 is 1.52 bits per heavy atom. The van der Waals surface area contributed by atoms with Crippen molar-refractivity contribution >= 4 is 46.8 Å². The number of amides is 1. The summed E-state index contributed by atoms with van der Waals surface area (Å²) in [6.07, 6.45) is -13.0. The summed E-state index contributed by atoms with van der Waals surface area (Å²) in [5.74, 6) is -1.30. The highest BCUT2D eigenvalue weighted by Gasteiger charge is 2.44. The molecule has 2 rings (SSSR count). The summed E-state index contributed by atoms with van der Waals surface area (Å²) in [6, 6.07) is -2.25. The second-order valence-corrected chi connectivity index (χ2v) is 12.8. The lowest BCUT2D eigenvalue weighted by molar-refractivity contribution is -0.253. The molecule has 2 aliphatic rings. The number of rotatable bonds is 15. The first-order chi connectivity index (χ1) is 28.1. The fourth-order valence-electron chi connectivity index (χ4n) is 3.64. The van der Waals surface area contributed by atoms with Gasteiger partial charge in [-0.3, -0.25) is 9.59 Å². The van der Waals surface area contributed by atoms with Gasteiger partial charge in [0.1, 0.15) is 61.8 Å². The summed E-state index contributed by atoms with van der Waals surface area (Å²) in [5, 5.41) is 102. The molecule has 30 nitrogen and oxygen atoms in total. The Labute approximate surface area is 357 Å². The van der Waals surface area contributed by atoms with Crippen LogP contribution in [0.2, 0.25) is 0 Å². The van der Waals surface area contributed by atoms with Gasteiger partial charge in [-0.05, 0) is 40.2 Å². The van der Waals surface area contributed by atoms with E-state index in [1.807, 2.05) is 27.7 Å². The average Bonchev–Trinajstić information content (AvgIpc) is 3.19. The van der Waals surface area contributed by atoms with E-state index in [2.05, 4.69) is 54.4 Å². The quantitative estimate of drug-likeness (QED) is 0.0182. The van der Waals surface area contributed by atoms with Gasteiger partial charge >= 0.3 is 17.6 Å². The Bertz CT molecular complexity index is 1400. The molecule has 7 unspecified atom stereocenters. The van der Waals surface area contributed by atoms with Crippen molar-refractivity contribution in [3.05, 3.63) is 31.3 Å². The lowest BCUT2D eigenvalue weighted by atomic mass is 9.97. The molecule has 0 radical (unpaired) electrons. The lowest BCUT2D eigenvalue weighted by Gasteiger charge is -2.40. The first-order valence-electron chi connectivity index (χ1n) is 16.9. The third-order valence-corrected chi connectivity index (χ3v) is 6.76. The van der Waals surface area contributed by atoms with E-state index < -0.39 is 117 Å². The molecule has 12 N–H and O–H groups in total. The van der Waals surface area contributed by atoms with Crippen LogP contribution in [0.25, 0.3) is 31.3 Å². The van der Waals surface area contributed by atoms with Gasteiger partial charge in [0.2, 0.25) is 12.2 Å². The molecular formula is C29H55Cl2N11O19. The Kier molecular flexibility index (Phi) is 38.9. The minimum absolute atomic E-state index is 0. The number of carboxylic acids is 1. The van der Waals surface area contributed by atoms with Gasteiger partial charge in [0, 0.05) is 26.3 Å². The fourth-order valence-corrected chi connectivity index (χ4v) is 3.94. The van der Waals surface area contributed by atoms with E-state index in [1.165, 1.54) is 0 Å². The van der Waals surface area contributed by atoms with Crippen LogP contribution in [0.4, 0.5) is 9.59 Å². The predicted octanol–water partition coefficient (Wildman–Crippen LogP) is -0.798. The summed E-state index contributed by atoms with van der Waals surface area (Å²) in [7, 11) is 0. The number of nitrogens with one attached hydrogen (secondary N) is 2. The molecule has 61 heavy (non-hydrogen) atoms.